The third-order valence-corrected chi connectivity index (χ3v) is 6.16. The van der Waals surface area contributed by atoms with Crippen LogP contribution in [-0.4, -0.2) is 46.7 Å². The number of benzene rings is 1. The number of rotatable bonds is 2. The first-order chi connectivity index (χ1) is 12.9. The molecule has 2 N–H and O–H groups in total. The van der Waals surface area contributed by atoms with E-state index in [0.717, 1.165) is 30.2 Å². The molecule has 1 aromatic carbocycles. The molecule has 0 aromatic heterocycles. The normalized spacial score (nSPS) is 32.3. The minimum absolute atomic E-state index is 0.0120. The van der Waals surface area contributed by atoms with Gasteiger partial charge in [0.1, 0.15) is 11.9 Å². The van der Waals surface area contributed by atoms with Crippen molar-refractivity contribution >= 4 is 23.6 Å². The fourth-order valence-corrected chi connectivity index (χ4v) is 4.93. The van der Waals surface area contributed by atoms with Gasteiger partial charge >= 0.3 is 0 Å². The second-order valence-corrected chi connectivity index (χ2v) is 7.83. The van der Waals surface area contributed by atoms with Crippen LogP contribution in [0.1, 0.15) is 64.3 Å². The summed E-state index contributed by atoms with van der Waals surface area (Å²) in [5, 5.41) is 5.58. The highest BCUT2D eigenvalue weighted by Crippen LogP contribution is 2.43. The minimum Gasteiger partial charge on any atom is -0.311 e. The molecule has 0 spiro atoms. The Morgan fingerprint density at radius 1 is 1.00 bits per heavy atom. The number of piperidine rings is 2. The van der Waals surface area contributed by atoms with E-state index in [4.69, 9.17) is 0 Å². The van der Waals surface area contributed by atoms with Crippen LogP contribution in [0.3, 0.4) is 0 Å². The lowest BCUT2D eigenvalue weighted by molar-refractivity contribution is -0.136. The topological polar surface area (TPSA) is 95.6 Å². The second-order valence-electron chi connectivity index (χ2n) is 7.83. The minimum atomic E-state index is -1.03. The molecule has 0 radical (unpaired) electrons. The Morgan fingerprint density at radius 2 is 1.70 bits per heavy atom. The van der Waals surface area contributed by atoms with Gasteiger partial charge in [0.2, 0.25) is 11.8 Å². The van der Waals surface area contributed by atoms with Crippen LogP contribution in [0.25, 0.3) is 0 Å². The zero-order valence-corrected chi connectivity index (χ0v) is 14.5. The number of carbonyl (C=O) groups excluding carboxylic acids is 4. The van der Waals surface area contributed by atoms with Crippen LogP contribution >= 0.6 is 0 Å². The van der Waals surface area contributed by atoms with Crippen LogP contribution in [0, 0.1) is 5.82 Å². The summed E-state index contributed by atoms with van der Waals surface area (Å²) in [6, 6.07) is 2.13. The first kappa shape index (κ1) is 16.6. The van der Waals surface area contributed by atoms with E-state index in [0.29, 0.717) is 17.6 Å². The molecule has 2 bridgehead atoms. The Hall–Kier alpha value is -2.61. The van der Waals surface area contributed by atoms with Gasteiger partial charge in [0.05, 0.1) is 11.1 Å². The van der Waals surface area contributed by atoms with Crippen molar-refractivity contribution in [2.24, 2.45) is 0 Å². The summed E-state index contributed by atoms with van der Waals surface area (Å²) in [4.78, 5) is 50.4. The van der Waals surface area contributed by atoms with Crippen molar-refractivity contribution < 1.29 is 23.6 Å². The number of nitrogens with one attached hydrogen (secondary N) is 2. The fraction of sp³-hybridized carbons (Fsp3) is 0.474. The number of amides is 4. The average molecular weight is 371 g/mol. The van der Waals surface area contributed by atoms with Crippen molar-refractivity contribution in [1.29, 1.82) is 0 Å². The Bertz CT molecular complexity index is 898. The maximum Gasteiger partial charge on any atom is 0.262 e. The maximum absolute atomic E-state index is 14.3. The first-order valence-corrected chi connectivity index (χ1v) is 9.23. The van der Waals surface area contributed by atoms with Crippen molar-refractivity contribution in [3.63, 3.8) is 0 Å². The van der Waals surface area contributed by atoms with E-state index in [2.05, 4.69) is 10.6 Å². The molecule has 4 heterocycles. The average Bonchev–Trinajstić information content (AvgIpc) is 2.85. The van der Waals surface area contributed by atoms with Gasteiger partial charge in [-0.1, -0.05) is 0 Å². The summed E-state index contributed by atoms with van der Waals surface area (Å²) in [6.07, 6.45) is 2.83. The molecule has 4 fully saturated rings. The number of imide groups is 2. The third kappa shape index (κ3) is 2.43. The molecule has 1 aromatic rings. The van der Waals surface area contributed by atoms with E-state index >= 15 is 0 Å². The lowest BCUT2D eigenvalue weighted by Crippen LogP contribution is -2.57. The third-order valence-electron chi connectivity index (χ3n) is 6.16. The number of hydrogen-bond donors (Lipinski definition) is 2. The molecule has 1 saturated carbocycles. The molecular formula is C19H18FN3O4. The molecule has 5 aliphatic rings. The molecule has 3 saturated heterocycles. The molecule has 3 atom stereocenters. The van der Waals surface area contributed by atoms with Crippen LogP contribution < -0.4 is 10.6 Å². The lowest BCUT2D eigenvalue weighted by atomic mass is 9.72. The quantitative estimate of drug-likeness (QED) is 0.751. The van der Waals surface area contributed by atoms with E-state index in [-0.39, 0.29) is 29.9 Å². The van der Waals surface area contributed by atoms with E-state index < -0.39 is 35.5 Å². The highest BCUT2D eigenvalue weighted by molar-refractivity contribution is 6.24. The van der Waals surface area contributed by atoms with Gasteiger partial charge in [-0.05, 0) is 49.3 Å². The molecule has 1 aliphatic carbocycles. The molecule has 6 rings (SSSR count). The van der Waals surface area contributed by atoms with Gasteiger partial charge in [-0.3, -0.25) is 29.4 Å². The summed E-state index contributed by atoms with van der Waals surface area (Å²) < 4.78 is 14.3. The predicted molar refractivity (Wildman–Crippen MR) is 90.4 cm³/mol. The number of carbonyl (C=O) groups is 4. The summed E-state index contributed by atoms with van der Waals surface area (Å²) in [6.45, 7) is 0. The van der Waals surface area contributed by atoms with E-state index in [1.807, 2.05) is 0 Å². The first-order valence-electron chi connectivity index (χ1n) is 9.23. The van der Waals surface area contributed by atoms with Crippen LogP contribution in [0.15, 0.2) is 12.1 Å². The molecule has 4 aliphatic heterocycles. The van der Waals surface area contributed by atoms with Gasteiger partial charge in [0, 0.05) is 18.5 Å². The highest BCUT2D eigenvalue weighted by atomic mass is 19.1. The Morgan fingerprint density at radius 3 is 2.37 bits per heavy atom. The van der Waals surface area contributed by atoms with E-state index in [1.54, 1.807) is 0 Å². The van der Waals surface area contributed by atoms with Crippen LogP contribution in [0.4, 0.5) is 4.39 Å². The largest absolute Gasteiger partial charge is 0.311 e. The van der Waals surface area contributed by atoms with Gasteiger partial charge in [0.25, 0.3) is 11.8 Å². The van der Waals surface area contributed by atoms with Crippen molar-refractivity contribution in [2.45, 2.75) is 56.1 Å². The summed E-state index contributed by atoms with van der Waals surface area (Å²) in [5.74, 6) is -2.85. The molecule has 8 heteroatoms. The Balaban J connectivity index is 1.53. The van der Waals surface area contributed by atoms with E-state index in [9.17, 15) is 23.6 Å². The fourth-order valence-electron chi connectivity index (χ4n) is 4.93. The summed E-state index contributed by atoms with van der Waals surface area (Å²) in [7, 11) is 0. The van der Waals surface area contributed by atoms with Gasteiger partial charge in [-0.15, -0.1) is 0 Å². The molecular weight excluding hydrogens is 353 g/mol. The smallest absolute Gasteiger partial charge is 0.262 e. The van der Waals surface area contributed by atoms with Gasteiger partial charge < -0.3 is 5.32 Å². The van der Waals surface area contributed by atoms with E-state index in [1.165, 1.54) is 6.07 Å². The number of nitrogens with zero attached hydrogens (tertiary/aromatic N) is 1. The standard InChI is InChI=1S/C19H18FN3O4/c20-9-5-12(8-3-10-7-11(4-8)21-10)16-13(6-9)18(26)23(19(16)27)14-1-2-15(24)22-17(14)25/h5-6,8,10-11,14,21H,1-4,7H2,(H,22,24,25). The van der Waals surface area contributed by atoms with Crippen LogP contribution in [0.5, 0.6) is 0 Å². The monoisotopic (exact) mass is 371 g/mol. The van der Waals surface area contributed by atoms with Crippen molar-refractivity contribution in [2.75, 3.05) is 0 Å². The Kier molecular flexibility index (Phi) is 3.49. The number of hydrogen-bond acceptors (Lipinski definition) is 5. The van der Waals surface area contributed by atoms with Crippen molar-refractivity contribution in [1.82, 2.24) is 15.5 Å². The summed E-state index contributed by atoms with van der Waals surface area (Å²) in [5.41, 5.74) is 0.804. The molecule has 7 nitrogen and oxygen atoms in total. The second kappa shape index (κ2) is 5.69. The zero-order chi connectivity index (χ0) is 18.9. The predicted octanol–water partition coefficient (Wildman–Crippen LogP) is 0.835. The lowest BCUT2D eigenvalue weighted by Gasteiger charge is -2.47. The van der Waals surface area contributed by atoms with Gasteiger partial charge in [-0.25, -0.2) is 4.39 Å². The van der Waals surface area contributed by atoms with Crippen LogP contribution in [-0.2, 0) is 9.59 Å². The maximum atomic E-state index is 14.3. The molecule has 4 amide bonds. The number of halogens is 1. The summed E-state index contributed by atoms with van der Waals surface area (Å²) >= 11 is 0. The zero-order valence-electron chi connectivity index (χ0n) is 14.5. The molecule has 140 valence electrons. The van der Waals surface area contributed by atoms with Crippen molar-refractivity contribution in [3.8, 4) is 0 Å². The van der Waals surface area contributed by atoms with Crippen LogP contribution in [0.2, 0.25) is 0 Å². The molecule has 3 unspecified atom stereocenters. The molecule has 27 heavy (non-hydrogen) atoms. The van der Waals surface area contributed by atoms with Gasteiger partial charge in [-0.2, -0.15) is 0 Å². The highest BCUT2D eigenvalue weighted by Gasteiger charge is 2.48. The van der Waals surface area contributed by atoms with Gasteiger partial charge in [0.15, 0.2) is 0 Å². The number of fused-ring (bicyclic) bond motifs is 3. The SMILES string of the molecule is O=C1CCC(N2C(=O)c3cc(F)cc(C4CC5CC(C4)N5)c3C2=O)C(=O)N1. The Labute approximate surface area is 154 Å². The van der Waals surface area contributed by atoms with Crippen molar-refractivity contribution in [3.05, 3.63) is 34.6 Å².